The van der Waals surface area contributed by atoms with Gasteiger partial charge in [0, 0.05) is 42.8 Å². The Bertz CT molecular complexity index is 1840. The van der Waals surface area contributed by atoms with E-state index in [1.807, 2.05) is 12.1 Å². The van der Waals surface area contributed by atoms with Crippen molar-refractivity contribution in [3.63, 3.8) is 0 Å². The van der Waals surface area contributed by atoms with Crippen LogP contribution in [0.15, 0.2) is 48.8 Å². The number of amides is 4. The summed E-state index contributed by atoms with van der Waals surface area (Å²) in [6.45, 7) is 0.369. The SMILES string of the molecule is N#Cc1ccc2c(c1-c1cnccc1OC1(OCCOc3ccc4c(c3)C(=O)N(C3CCC(=O)NC3=O)C4=O)CCCCC1)CCCC2. The Balaban J connectivity index is 1.05. The molecule has 7 rings (SSSR count). The van der Waals surface area contributed by atoms with Gasteiger partial charge in [-0.05, 0) is 86.4 Å². The summed E-state index contributed by atoms with van der Waals surface area (Å²) in [5.41, 5.74) is 5.10. The van der Waals surface area contributed by atoms with Gasteiger partial charge in [0.1, 0.15) is 24.1 Å². The van der Waals surface area contributed by atoms with Gasteiger partial charge >= 0.3 is 0 Å². The molecule has 0 radical (unpaired) electrons. The van der Waals surface area contributed by atoms with Crippen molar-refractivity contribution in [2.24, 2.45) is 0 Å². The van der Waals surface area contributed by atoms with Gasteiger partial charge < -0.3 is 14.2 Å². The molecule has 246 valence electrons. The van der Waals surface area contributed by atoms with Crippen LogP contribution in [0, 0.1) is 11.3 Å². The lowest BCUT2D eigenvalue weighted by Gasteiger charge is -2.38. The normalized spacial score (nSPS) is 20.1. The van der Waals surface area contributed by atoms with Crippen LogP contribution in [-0.4, -0.2) is 58.6 Å². The lowest BCUT2D eigenvalue weighted by molar-refractivity contribution is -0.203. The Morgan fingerprint density at radius 1 is 0.896 bits per heavy atom. The molecule has 2 aliphatic heterocycles. The highest BCUT2D eigenvalue weighted by molar-refractivity contribution is 6.23. The summed E-state index contributed by atoms with van der Waals surface area (Å²) in [4.78, 5) is 55.5. The van der Waals surface area contributed by atoms with E-state index in [0.29, 0.717) is 29.9 Å². The largest absolute Gasteiger partial charge is 0.491 e. The summed E-state index contributed by atoms with van der Waals surface area (Å²) in [7, 11) is 0. The molecule has 4 aliphatic rings. The highest BCUT2D eigenvalue weighted by Gasteiger charge is 2.45. The van der Waals surface area contributed by atoms with E-state index in [-0.39, 0.29) is 37.2 Å². The first kappa shape index (κ1) is 31.5. The molecule has 0 bridgehead atoms. The fourth-order valence-electron chi connectivity index (χ4n) is 7.38. The molecule has 48 heavy (non-hydrogen) atoms. The third kappa shape index (κ3) is 5.92. The molecular formula is C37H36N4O7. The number of rotatable bonds is 9. The Kier molecular flexibility index (Phi) is 8.67. The monoisotopic (exact) mass is 648 g/mol. The lowest BCUT2D eigenvalue weighted by atomic mass is 9.83. The molecule has 11 heteroatoms. The molecule has 11 nitrogen and oxygen atoms in total. The molecule has 1 unspecified atom stereocenters. The smallest absolute Gasteiger partial charge is 0.262 e. The van der Waals surface area contributed by atoms with E-state index in [0.717, 1.165) is 61.0 Å². The quantitative estimate of drug-likeness (QED) is 0.192. The van der Waals surface area contributed by atoms with Crippen LogP contribution in [0.4, 0.5) is 0 Å². The summed E-state index contributed by atoms with van der Waals surface area (Å²) < 4.78 is 19.2. The number of carbonyl (C=O) groups is 4. The van der Waals surface area contributed by atoms with Crippen molar-refractivity contribution in [1.82, 2.24) is 15.2 Å². The van der Waals surface area contributed by atoms with Crippen molar-refractivity contribution in [2.75, 3.05) is 13.2 Å². The van der Waals surface area contributed by atoms with Crippen molar-refractivity contribution in [3.8, 4) is 28.7 Å². The van der Waals surface area contributed by atoms with E-state index in [2.05, 4.69) is 22.4 Å². The van der Waals surface area contributed by atoms with Crippen molar-refractivity contribution < 1.29 is 33.4 Å². The number of fused-ring (bicyclic) bond motifs is 2. The van der Waals surface area contributed by atoms with Crippen LogP contribution in [0.5, 0.6) is 11.5 Å². The van der Waals surface area contributed by atoms with Gasteiger partial charge in [-0.1, -0.05) is 12.5 Å². The maximum absolute atomic E-state index is 13.2. The zero-order valence-electron chi connectivity index (χ0n) is 26.6. The zero-order valence-corrected chi connectivity index (χ0v) is 26.6. The number of ether oxygens (including phenoxy) is 3. The number of nitrogens with one attached hydrogen (secondary N) is 1. The molecule has 1 aromatic heterocycles. The number of pyridine rings is 1. The van der Waals surface area contributed by atoms with Crippen LogP contribution in [-0.2, 0) is 27.2 Å². The molecule has 2 aromatic carbocycles. The average Bonchev–Trinajstić information content (AvgIpc) is 3.35. The first-order chi connectivity index (χ1) is 23.4. The number of benzene rings is 2. The minimum atomic E-state index is -1.03. The van der Waals surface area contributed by atoms with Gasteiger partial charge in [-0.25, -0.2) is 0 Å². The number of imide groups is 2. The van der Waals surface area contributed by atoms with E-state index < -0.39 is 35.5 Å². The molecule has 1 N–H and O–H groups in total. The third-order valence-corrected chi connectivity index (χ3v) is 9.74. The summed E-state index contributed by atoms with van der Waals surface area (Å²) in [5, 5.41) is 12.2. The average molecular weight is 649 g/mol. The van der Waals surface area contributed by atoms with Gasteiger partial charge in [-0.15, -0.1) is 0 Å². The first-order valence-corrected chi connectivity index (χ1v) is 16.7. The van der Waals surface area contributed by atoms with Crippen LogP contribution in [0.2, 0.25) is 0 Å². The van der Waals surface area contributed by atoms with E-state index in [1.165, 1.54) is 23.3 Å². The van der Waals surface area contributed by atoms with E-state index in [4.69, 9.17) is 14.2 Å². The maximum atomic E-state index is 13.2. The van der Waals surface area contributed by atoms with E-state index >= 15 is 0 Å². The number of nitrogens with zero attached hydrogens (tertiary/aromatic N) is 3. The fraction of sp³-hybridized carbons (Fsp3) is 0.405. The third-order valence-electron chi connectivity index (χ3n) is 9.74. The van der Waals surface area contributed by atoms with E-state index in [9.17, 15) is 24.4 Å². The van der Waals surface area contributed by atoms with Crippen LogP contribution < -0.4 is 14.8 Å². The Morgan fingerprint density at radius 2 is 1.71 bits per heavy atom. The van der Waals surface area contributed by atoms with Crippen molar-refractivity contribution >= 4 is 23.6 Å². The predicted octanol–water partition coefficient (Wildman–Crippen LogP) is 5.04. The molecule has 4 amide bonds. The topological polar surface area (TPSA) is 148 Å². The number of aryl methyl sites for hydroxylation is 1. The van der Waals surface area contributed by atoms with Crippen LogP contribution in [0.25, 0.3) is 11.1 Å². The van der Waals surface area contributed by atoms with Crippen LogP contribution in [0.3, 0.4) is 0 Å². The highest BCUT2D eigenvalue weighted by Crippen LogP contribution is 2.42. The number of aromatic nitrogens is 1. The molecule has 2 fully saturated rings. The predicted molar refractivity (Wildman–Crippen MR) is 172 cm³/mol. The highest BCUT2D eigenvalue weighted by atomic mass is 16.7. The van der Waals surface area contributed by atoms with Gasteiger partial charge in [0.25, 0.3) is 11.8 Å². The second-order valence-corrected chi connectivity index (χ2v) is 12.7. The van der Waals surface area contributed by atoms with Crippen molar-refractivity contribution in [2.45, 2.75) is 82.5 Å². The summed E-state index contributed by atoms with van der Waals surface area (Å²) >= 11 is 0. The minimum absolute atomic E-state index is 0.0565. The number of nitriles is 1. The first-order valence-electron chi connectivity index (χ1n) is 16.7. The Labute approximate surface area is 278 Å². The minimum Gasteiger partial charge on any atom is -0.491 e. The number of carbonyl (C=O) groups excluding carboxylic acids is 4. The van der Waals surface area contributed by atoms with Gasteiger partial charge in [-0.2, -0.15) is 5.26 Å². The number of hydrogen-bond acceptors (Lipinski definition) is 9. The number of piperidine rings is 1. The second-order valence-electron chi connectivity index (χ2n) is 12.7. The molecule has 3 aromatic rings. The van der Waals surface area contributed by atoms with Crippen LogP contribution in [0.1, 0.15) is 95.2 Å². The maximum Gasteiger partial charge on any atom is 0.262 e. The molecule has 1 saturated heterocycles. The molecule has 2 aliphatic carbocycles. The second kappa shape index (κ2) is 13.2. The molecular weight excluding hydrogens is 612 g/mol. The lowest BCUT2D eigenvalue weighted by Crippen LogP contribution is -2.54. The zero-order chi connectivity index (χ0) is 33.3. The van der Waals surface area contributed by atoms with Gasteiger partial charge in [-0.3, -0.25) is 34.4 Å². The van der Waals surface area contributed by atoms with Gasteiger partial charge in [0.05, 0.1) is 29.4 Å². The summed E-state index contributed by atoms with van der Waals surface area (Å²) in [5.74, 6) is -2.10. The Hall–Kier alpha value is -5.08. The van der Waals surface area contributed by atoms with E-state index in [1.54, 1.807) is 18.5 Å². The van der Waals surface area contributed by atoms with Gasteiger partial charge in [0.2, 0.25) is 17.6 Å². The Morgan fingerprint density at radius 3 is 2.52 bits per heavy atom. The summed E-state index contributed by atoms with van der Waals surface area (Å²) in [6, 6.07) is 11.8. The van der Waals surface area contributed by atoms with Crippen molar-refractivity contribution in [3.05, 3.63) is 76.6 Å². The molecule has 0 spiro atoms. The van der Waals surface area contributed by atoms with Crippen molar-refractivity contribution in [1.29, 1.82) is 5.26 Å². The number of hydrogen-bond donors (Lipinski definition) is 1. The standard InChI is InChI=1S/C37H36N4O7/c38-21-24-9-8-23-6-2-3-7-26(23)33(24)29-22-39-17-14-31(29)48-37(15-4-1-5-16-37)47-19-18-46-25-10-11-27-28(20-25)36(45)41(35(27)44)30-12-13-32(42)40-34(30)43/h8-11,14,17,20,22,30H,1-7,12-13,15-16,18-19H2,(H,40,42,43). The molecule has 3 heterocycles. The van der Waals surface area contributed by atoms with Gasteiger partial charge in [0.15, 0.2) is 0 Å². The molecule has 1 atom stereocenters. The summed E-state index contributed by atoms with van der Waals surface area (Å²) in [6.07, 6.45) is 12.1. The van der Waals surface area contributed by atoms with Crippen LogP contribution >= 0.6 is 0 Å². The molecule has 1 saturated carbocycles. The fourth-order valence-corrected chi connectivity index (χ4v) is 7.38.